The van der Waals surface area contributed by atoms with E-state index in [0.29, 0.717) is 12.1 Å². The second kappa shape index (κ2) is 6.43. The molecule has 1 aliphatic rings. The Bertz CT molecular complexity index is 609. The minimum Gasteiger partial charge on any atom is -0.380 e. The number of hydrogen-bond donors (Lipinski definition) is 1. The molecule has 2 aromatic rings. The summed E-state index contributed by atoms with van der Waals surface area (Å²) >= 11 is 3.26. The van der Waals surface area contributed by atoms with Crippen LogP contribution >= 0.6 is 15.9 Å². The van der Waals surface area contributed by atoms with Crippen molar-refractivity contribution in [2.45, 2.75) is 19.4 Å². The van der Waals surface area contributed by atoms with Crippen LogP contribution in [0.5, 0.6) is 0 Å². The predicted molar refractivity (Wildman–Crippen MR) is 87.1 cm³/mol. The van der Waals surface area contributed by atoms with Gasteiger partial charge < -0.3 is 10.2 Å². The predicted octanol–water partition coefficient (Wildman–Crippen LogP) is 4.20. The fourth-order valence-corrected chi connectivity index (χ4v) is 2.82. The molecule has 3 nitrogen and oxygen atoms in total. The van der Waals surface area contributed by atoms with Gasteiger partial charge in [-0.05, 0) is 37.1 Å². The molecule has 1 saturated heterocycles. The lowest BCUT2D eigenvalue weighted by atomic mass is 10.2. The zero-order valence-electron chi connectivity index (χ0n) is 11.6. The van der Waals surface area contributed by atoms with Crippen LogP contribution in [0.25, 0.3) is 0 Å². The Balaban J connectivity index is 1.62. The van der Waals surface area contributed by atoms with Gasteiger partial charge in [-0.15, -0.1) is 0 Å². The average Bonchev–Trinajstić information content (AvgIpc) is 3.01. The number of hydrogen-bond acceptors (Lipinski definition) is 3. The molecule has 1 aliphatic heterocycles. The van der Waals surface area contributed by atoms with Gasteiger partial charge in [-0.25, -0.2) is 9.37 Å². The van der Waals surface area contributed by atoms with Gasteiger partial charge in [-0.1, -0.05) is 22.0 Å². The number of halogens is 2. The van der Waals surface area contributed by atoms with E-state index in [1.807, 2.05) is 24.4 Å². The lowest BCUT2D eigenvalue weighted by Gasteiger charge is -2.16. The zero-order chi connectivity index (χ0) is 14.7. The van der Waals surface area contributed by atoms with Gasteiger partial charge in [0.1, 0.15) is 11.6 Å². The van der Waals surface area contributed by atoms with E-state index < -0.39 is 0 Å². The average molecular weight is 350 g/mol. The van der Waals surface area contributed by atoms with Crippen molar-refractivity contribution in [3.05, 3.63) is 52.4 Å². The Labute approximate surface area is 132 Å². The molecule has 110 valence electrons. The second-order valence-corrected chi connectivity index (χ2v) is 6.10. The van der Waals surface area contributed by atoms with Crippen LogP contribution in [-0.2, 0) is 6.54 Å². The summed E-state index contributed by atoms with van der Waals surface area (Å²) in [5, 5.41) is 3.20. The molecule has 5 heteroatoms. The normalized spacial score (nSPS) is 14.5. The fraction of sp³-hybridized carbons (Fsp3) is 0.312. The molecule has 1 N–H and O–H groups in total. The van der Waals surface area contributed by atoms with Crippen LogP contribution in [-0.4, -0.2) is 18.1 Å². The molecule has 21 heavy (non-hydrogen) atoms. The first kappa shape index (κ1) is 14.3. The number of nitrogens with zero attached hydrogens (tertiary/aromatic N) is 2. The summed E-state index contributed by atoms with van der Waals surface area (Å²) in [6.45, 7) is 2.62. The lowest BCUT2D eigenvalue weighted by Crippen LogP contribution is -2.18. The molecule has 0 saturated carbocycles. The Morgan fingerprint density at radius 2 is 2.00 bits per heavy atom. The Morgan fingerprint density at radius 3 is 2.67 bits per heavy atom. The summed E-state index contributed by atoms with van der Waals surface area (Å²) in [6.07, 6.45) is 4.29. The second-order valence-electron chi connectivity index (χ2n) is 5.19. The molecule has 0 radical (unpaired) electrons. The largest absolute Gasteiger partial charge is 0.380 e. The van der Waals surface area contributed by atoms with Crippen LogP contribution < -0.4 is 10.2 Å². The van der Waals surface area contributed by atoms with Crippen LogP contribution in [0.2, 0.25) is 0 Å². The molecule has 1 aromatic carbocycles. The van der Waals surface area contributed by atoms with E-state index in [0.717, 1.165) is 29.1 Å². The van der Waals surface area contributed by atoms with Crippen molar-refractivity contribution >= 4 is 27.4 Å². The first-order valence-corrected chi connectivity index (χ1v) is 7.90. The summed E-state index contributed by atoms with van der Waals surface area (Å²) in [5.74, 6) is 0.811. The molecule has 0 unspecified atom stereocenters. The first-order valence-electron chi connectivity index (χ1n) is 7.11. The van der Waals surface area contributed by atoms with E-state index in [4.69, 9.17) is 0 Å². The summed E-state index contributed by atoms with van der Waals surface area (Å²) < 4.78 is 14.5. The number of pyridine rings is 1. The maximum Gasteiger partial charge on any atom is 0.129 e. The molecule has 0 aliphatic carbocycles. The Kier molecular flexibility index (Phi) is 4.39. The Morgan fingerprint density at radius 1 is 1.19 bits per heavy atom. The Hall–Kier alpha value is -1.62. The molecular weight excluding hydrogens is 333 g/mol. The van der Waals surface area contributed by atoms with E-state index >= 15 is 0 Å². The zero-order valence-corrected chi connectivity index (χ0v) is 13.2. The van der Waals surface area contributed by atoms with Gasteiger partial charge in [0.2, 0.25) is 0 Å². The monoisotopic (exact) mass is 349 g/mol. The van der Waals surface area contributed by atoms with E-state index in [1.165, 1.54) is 18.9 Å². The van der Waals surface area contributed by atoms with E-state index in [9.17, 15) is 4.39 Å². The van der Waals surface area contributed by atoms with E-state index in [1.54, 1.807) is 6.07 Å². The van der Waals surface area contributed by atoms with Crippen LogP contribution in [0, 0.1) is 5.82 Å². The summed E-state index contributed by atoms with van der Waals surface area (Å²) in [5.41, 5.74) is 1.54. The topological polar surface area (TPSA) is 28.2 Å². The number of nitrogens with one attached hydrogen (secondary N) is 1. The first-order chi connectivity index (χ1) is 10.2. The summed E-state index contributed by atoms with van der Waals surface area (Å²) in [6, 6.07) is 9.11. The third kappa shape index (κ3) is 3.53. The van der Waals surface area contributed by atoms with Gasteiger partial charge in [0.05, 0.1) is 11.9 Å². The van der Waals surface area contributed by atoms with Crippen LogP contribution in [0.4, 0.5) is 15.9 Å². The fourth-order valence-electron chi connectivity index (χ4n) is 2.49. The number of benzene rings is 1. The van der Waals surface area contributed by atoms with Crippen molar-refractivity contribution in [1.82, 2.24) is 4.98 Å². The lowest BCUT2D eigenvalue weighted by molar-refractivity contribution is 0.612. The maximum absolute atomic E-state index is 13.7. The van der Waals surface area contributed by atoms with Crippen LogP contribution in [0.1, 0.15) is 18.4 Å². The molecule has 3 rings (SSSR count). The highest BCUT2D eigenvalue weighted by atomic mass is 79.9. The van der Waals surface area contributed by atoms with Crippen LogP contribution in [0.15, 0.2) is 41.0 Å². The van der Waals surface area contributed by atoms with Gasteiger partial charge in [-0.3, -0.25) is 0 Å². The molecule has 1 fully saturated rings. The molecular formula is C16H17BrFN3. The van der Waals surface area contributed by atoms with Crippen molar-refractivity contribution in [3.8, 4) is 0 Å². The SMILES string of the molecule is Fc1cc(Br)ccc1CNc1ccc(N2CCCC2)nc1. The van der Waals surface area contributed by atoms with Gasteiger partial charge >= 0.3 is 0 Å². The summed E-state index contributed by atoms with van der Waals surface area (Å²) in [4.78, 5) is 6.76. The third-order valence-electron chi connectivity index (χ3n) is 3.68. The molecule has 0 spiro atoms. The number of anilines is 2. The third-order valence-corrected chi connectivity index (χ3v) is 4.17. The summed E-state index contributed by atoms with van der Waals surface area (Å²) in [7, 11) is 0. The van der Waals surface area contributed by atoms with E-state index in [-0.39, 0.29) is 5.82 Å². The van der Waals surface area contributed by atoms with Gasteiger partial charge in [0.25, 0.3) is 0 Å². The van der Waals surface area contributed by atoms with Gasteiger partial charge in [0.15, 0.2) is 0 Å². The molecule has 0 amide bonds. The molecule has 1 aromatic heterocycles. The molecule has 2 heterocycles. The molecule has 0 atom stereocenters. The highest BCUT2D eigenvalue weighted by Gasteiger charge is 2.12. The quantitative estimate of drug-likeness (QED) is 0.896. The van der Waals surface area contributed by atoms with Crippen molar-refractivity contribution in [3.63, 3.8) is 0 Å². The van der Waals surface area contributed by atoms with Crippen molar-refractivity contribution < 1.29 is 4.39 Å². The smallest absolute Gasteiger partial charge is 0.129 e. The maximum atomic E-state index is 13.7. The number of rotatable bonds is 4. The van der Waals surface area contributed by atoms with Crippen LogP contribution in [0.3, 0.4) is 0 Å². The highest BCUT2D eigenvalue weighted by molar-refractivity contribution is 9.10. The minimum atomic E-state index is -0.210. The highest BCUT2D eigenvalue weighted by Crippen LogP contribution is 2.20. The van der Waals surface area contributed by atoms with Gasteiger partial charge in [0, 0.05) is 29.7 Å². The van der Waals surface area contributed by atoms with Crippen molar-refractivity contribution in [1.29, 1.82) is 0 Å². The standard InChI is InChI=1S/C16H17BrFN3/c17-13-4-3-12(15(18)9-13)10-19-14-5-6-16(20-11-14)21-7-1-2-8-21/h3-6,9,11,19H,1-2,7-8,10H2. The van der Waals surface area contributed by atoms with Gasteiger partial charge in [-0.2, -0.15) is 0 Å². The van der Waals surface area contributed by atoms with Crippen molar-refractivity contribution in [2.24, 2.45) is 0 Å². The number of aromatic nitrogens is 1. The van der Waals surface area contributed by atoms with E-state index in [2.05, 4.69) is 31.1 Å². The molecule has 0 bridgehead atoms. The van der Waals surface area contributed by atoms with Crippen molar-refractivity contribution in [2.75, 3.05) is 23.3 Å². The minimum absolute atomic E-state index is 0.210.